The van der Waals surface area contributed by atoms with E-state index in [1.165, 1.54) is 49.7 Å². The zero-order valence-electron chi connectivity index (χ0n) is 18.4. The van der Waals surface area contributed by atoms with E-state index < -0.39 is 17.8 Å². The van der Waals surface area contributed by atoms with Crippen molar-refractivity contribution in [2.24, 2.45) is 5.10 Å². The maximum atomic E-state index is 12.4. The van der Waals surface area contributed by atoms with Gasteiger partial charge in [-0.1, -0.05) is 40.9 Å². The Labute approximate surface area is 215 Å². The van der Waals surface area contributed by atoms with Crippen molar-refractivity contribution < 1.29 is 23.9 Å². The molecule has 0 aliphatic carbocycles. The highest BCUT2D eigenvalue weighted by Crippen LogP contribution is 2.29. The molecule has 8 nitrogen and oxygen atoms in total. The molecule has 3 rings (SSSR count). The number of ether oxygens (including phenoxy) is 2. The van der Waals surface area contributed by atoms with Crippen molar-refractivity contribution in [1.82, 2.24) is 5.43 Å². The van der Waals surface area contributed by atoms with Crippen molar-refractivity contribution in [2.75, 3.05) is 12.4 Å². The first-order valence-electron chi connectivity index (χ1n) is 9.93. The van der Waals surface area contributed by atoms with Gasteiger partial charge in [-0.05, 0) is 66.6 Å². The van der Waals surface area contributed by atoms with Gasteiger partial charge < -0.3 is 14.8 Å². The lowest BCUT2D eigenvalue weighted by Crippen LogP contribution is -2.32. The van der Waals surface area contributed by atoms with Crippen LogP contribution < -0.4 is 20.2 Å². The van der Waals surface area contributed by atoms with Crippen LogP contribution in [0.1, 0.15) is 21.5 Å². The van der Waals surface area contributed by atoms with Crippen molar-refractivity contribution >= 4 is 64.5 Å². The van der Waals surface area contributed by atoms with Gasteiger partial charge in [0.2, 0.25) is 0 Å². The monoisotopic (exact) mass is 533 g/mol. The molecule has 180 valence electrons. The van der Waals surface area contributed by atoms with E-state index in [0.29, 0.717) is 21.3 Å². The molecule has 0 saturated carbocycles. The summed E-state index contributed by atoms with van der Waals surface area (Å²) in [6.07, 6.45) is 1.29. The normalized spacial score (nSPS) is 10.7. The van der Waals surface area contributed by atoms with Crippen molar-refractivity contribution in [3.63, 3.8) is 0 Å². The largest absolute Gasteiger partial charge is 0.493 e. The molecule has 0 radical (unpaired) electrons. The Morgan fingerprint density at radius 2 is 1.63 bits per heavy atom. The van der Waals surface area contributed by atoms with E-state index in [9.17, 15) is 14.4 Å². The minimum absolute atomic E-state index is 0.154. The topological polar surface area (TPSA) is 106 Å². The van der Waals surface area contributed by atoms with Gasteiger partial charge in [0.25, 0.3) is 0 Å². The zero-order chi connectivity index (χ0) is 25.5. The second kappa shape index (κ2) is 11.7. The third-order valence-electron chi connectivity index (χ3n) is 4.56. The number of carbonyl (C=O) groups is 3. The number of carbonyl (C=O) groups excluding carboxylic acids is 3. The summed E-state index contributed by atoms with van der Waals surface area (Å²) in [6, 6.07) is 13.8. The Morgan fingerprint density at radius 1 is 0.857 bits per heavy atom. The van der Waals surface area contributed by atoms with Crippen molar-refractivity contribution in [2.45, 2.75) is 6.92 Å². The van der Waals surface area contributed by atoms with E-state index in [-0.39, 0.29) is 22.1 Å². The maximum Gasteiger partial charge on any atom is 0.343 e. The maximum absolute atomic E-state index is 12.4. The van der Waals surface area contributed by atoms with Crippen LogP contribution in [-0.2, 0) is 9.59 Å². The lowest BCUT2D eigenvalue weighted by molar-refractivity contribution is -0.136. The fraction of sp³-hybridized carbons (Fsp3) is 0.0833. The number of hydrazone groups is 1. The number of aryl methyl sites for hydroxylation is 1. The molecule has 0 unspecified atom stereocenters. The molecule has 0 bridgehead atoms. The number of hydrogen-bond acceptors (Lipinski definition) is 6. The molecule has 35 heavy (non-hydrogen) atoms. The third kappa shape index (κ3) is 6.95. The number of hydrogen-bond donors (Lipinski definition) is 2. The van der Waals surface area contributed by atoms with E-state index in [4.69, 9.17) is 44.3 Å². The molecular weight excluding hydrogens is 517 g/mol. The van der Waals surface area contributed by atoms with E-state index >= 15 is 0 Å². The number of rotatable bonds is 6. The van der Waals surface area contributed by atoms with Crippen LogP contribution in [0.3, 0.4) is 0 Å². The minimum atomic E-state index is -0.975. The Hall–Kier alpha value is -3.59. The first kappa shape index (κ1) is 26.0. The first-order chi connectivity index (χ1) is 16.7. The summed E-state index contributed by atoms with van der Waals surface area (Å²) < 4.78 is 10.6. The summed E-state index contributed by atoms with van der Waals surface area (Å²) in [5.41, 5.74) is 4.05. The number of nitrogens with zero attached hydrogens (tertiary/aromatic N) is 1. The zero-order valence-corrected chi connectivity index (χ0v) is 20.7. The van der Waals surface area contributed by atoms with E-state index in [1.807, 2.05) is 6.92 Å². The van der Waals surface area contributed by atoms with Crippen LogP contribution in [0, 0.1) is 6.92 Å². The summed E-state index contributed by atoms with van der Waals surface area (Å²) >= 11 is 17.8. The summed E-state index contributed by atoms with van der Waals surface area (Å²) in [5.74, 6) is -2.15. The van der Waals surface area contributed by atoms with Crippen LogP contribution in [0.15, 0.2) is 59.7 Å². The molecule has 0 atom stereocenters. The fourth-order valence-electron chi connectivity index (χ4n) is 2.71. The fourth-order valence-corrected chi connectivity index (χ4v) is 3.18. The minimum Gasteiger partial charge on any atom is -0.493 e. The number of nitrogens with one attached hydrogen (secondary N) is 2. The second-order valence-corrected chi connectivity index (χ2v) is 8.27. The molecule has 0 spiro atoms. The second-order valence-electron chi connectivity index (χ2n) is 7.05. The third-order valence-corrected chi connectivity index (χ3v) is 5.71. The molecule has 0 aliphatic heterocycles. The van der Waals surface area contributed by atoms with E-state index in [0.717, 1.165) is 5.56 Å². The SMILES string of the molecule is COc1cc(C=NNC(=O)C(=O)Nc2ccc(C)c(Cl)c2)ccc1OC(=O)c1ccc(Cl)c(Cl)c1. The van der Waals surface area contributed by atoms with Gasteiger partial charge in [-0.3, -0.25) is 9.59 Å². The molecule has 3 aromatic carbocycles. The standard InChI is InChI=1S/C24H18Cl3N3O5/c1-13-3-6-16(11-18(13)26)29-22(31)23(32)30-28-12-14-4-8-20(21(9-14)34-2)35-24(33)15-5-7-17(25)19(27)10-15/h3-12H,1-2H3,(H,29,31)(H,30,32). The predicted molar refractivity (Wildman–Crippen MR) is 135 cm³/mol. The highest BCUT2D eigenvalue weighted by molar-refractivity contribution is 6.42. The first-order valence-corrected chi connectivity index (χ1v) is 11.1. The van der Waals surface area contributed by atoms with Gasteiger partial charge in [-0.2, -0.15) is 5.10 Å². The molecule has 0 fully saturated rings. The summed E-state index contributed by atoms with van der Waals surface area (Å²) in [7, 11) is 1.40. The molecule has 2 N–H and O–H groups in total. The lowest BCUT2D eigenvalue weighted by atomic mass is 10.2. The van der Waals surface area contributed by atoms with Crippen LogP contribution in [0.25, 0.3) is 0 Å². The summed E-state index contributed by atoms with van der Waals surface area (Å²) in [4.78, 5) is 36.4. The van der Waals surface area contributed by atoms with Crippen LogP contribution >= 0.6 is 34.8 Å². The smallest absolute Gasteiger partial charge is 0.343 e. The van der Waals surface area contributed by atoms with Gasteiger partial charge in [0.1, 0.15) is 0 Å². The van der Waals surface area contributed by atoms with Crippen molar-refractivity contribution in [1.29, 1.82) is 0 Å². The van der Waals surface area contributed by atoms with E-state index in [1.54, 1.807) is 18.2 Å². The van der Waals surface area contributed by atoms with Crippen LogP contribution in [0.5, 0.6) is 11.5 Å². The van der Waals surface area contributed by atoms with Gasteiger partial charge in [-0.25, -0.2) is 10.2 Å². The Balaban J connectivity index is 1.61. The van der Waals surface area contributed by atoms with Gasteiger partial charge in [0.05, 0.1) is 28.9 Å². The number of amides is 2. The number of halogens is 3. The highest BCUT2D eigenvalue weighted by atomic mass is 35.5. The lowest BCUT2D eigenvalue weighted by Gasteiger charge is -2.10. The number of methoxy groups -OCH3 is 1. The van der Waals surface area contributed by atoms with Gasteiger partial charge in [0.15, 0.2) is 11.5 Å². The predicted octanol–water partition coefficient (Wildman–Crippen LogP) is 5.27. The molecule has 2 amide bonds. The molecule has 3 aromatic rings. The van der Waals surface area contributed by atoms with Crippen LogP contribution in [0.2, 0.25) is 15.1 Å². The van der Waals surface area contributed by atoms with Gasteiger partial charge >= 0.3 is 17.8 Å². The Morgan fingerprint density at radius 3 is 2.31 bits per heavy atom. The highest BCUT2D eigenvalue weighted by Gasteiger charge is 2.15. The summed E-state index contributed by atoms with van der Waals surface area (Å²) in [5, 5.41) is 7.19. The van der Waals surface area contributed by atoms with Gasteiger partial charge in [-0.15, -0.1) is 0 Å². The number of esters is 1. The average molecular weight is 535 g/mol. The van der Waals surface area contributed by atoms with Gasteiger partial charge in [0, 0.05) is 10.7 Å². The Bertz CT molecular complexity index is 1330. The van der Waals surface area contributed by atoms with Crippen molar-refractivity contribution in [3.05, 3.63) is 86.4 Å². The molecule has 0 saturated heterocycles. The molecule has 0 aromatic heterocycles. The molecule has 11 heteroatoms. The number of benzene rings is 3. The Kier molecular flexibility index (Phi) is 8.70. The average Bonchev–Trinajstić information content (AvgIpc) is 2.83. The van der Waals surface area contributed by atoms with Crippen LogP contribution in [0.4, 0.5) is 5.69 Å². The quantitative estimate of drug-likeness (QED) is 0.147. The van der Waals surface area contributed by atoms with Crippen molar-refractivity contribution in [3.8, 4) is 11.5 Å². The molecule has 0 heterocycles. The number of anilines is 1. The molecule has 0 aliphatic rings. The van der Waals surface area contributed by atoms with E-state index in [2.05, 4.69) is 15.8 Å². The molecular formula is C24H18Cl3N3O5. The van der Waals surface area contributed by atoms with Crippen LogP contribution in [-0.4, -0.2) is 31.1 Å². The summed E-state index contributed by atoms with van der Waals surface area (Å²) in [6.45, 7) is 1.82.